The zero-order valence-electron chi connectivity index (χ0n) is 8.99. The molecular formula is C11H15ClN2O2. The van der Waals surface area contributed by atoms with Crippen molar-refractivity contribution >= 4 is 11.6 Å². The first-order valence-electron chi connectivity index (χ1n) is 5.39. The lowest BCUT2D eigenvalue weighted by Gasteiger charge is -2.23. The molecule has 1 aromatic rings. The lowest BCUT2D eigenvalue weighted by Crippen LogP contribution is -2.26. The second-order valence-corrected chi connectivity index (χ2v) is 4.10. The molecule has 2 N–H and O–H groups in total. The molecule has 1 aliphatic heterocycles. The Hall–Kier alpha value is -0.840. The van der Waals surface area contributed by atoms with Gasteiger partial charge in [0.2, 0.25) is 5.88 Å². The van der Waals surface area contributed by atoms with Crippen LogP contribution in [0.5, 0.6) is 5.88 Å². The van der Waals surface area contributed by atoms with Crippen LogP contribution in [0.2, 0.25) is 5.02 Å². The lowest BCUT2D eigenvalue weighted by atomic mass is 10.1. The van der Waals surface area contributed by atoms with Gasteiger partial charge in [0, 0.05) is 25.6 Å². The standard InChI is InChI=1S/C11H15ClN2O2/c12-10-8(7-13)1-4-14-11(10)16-9-2-5-15-6-3-9/h1,4,9H,2-3,5-7,13H2. The molecular weight excluding hydrogens is 228 g/mol. The SMILES string of the molecule is NCc1ccnc(OC2CCOCC2)c1Cl. The van der Waals surface area contributed by atoms with Crippen LogP contribution in [0.1, 0.15) is 18.4 Å². The average molecular weight is 243 g/mol. The van der Waals surface area contributed by atoms with Crippen molar-refractivity contribution in [2.45, 2.75) is 25.5 Å². The van der Waals surface area contributed by atoms with Gasteiger partial charge < -0.3 is 15.2 Å². The van der Waals surface area contributed by atoms with E-state index in [1.807, 2.05) is 0 Å². The Labute approximate surface area is 99.7 Å². The Morgan fingerprint density at radius 2 is 2.25 bits per heavy atom. The zero-order valence-corrected chi connectivity index (χ0v) is 9.74. The Kier molecular flexibility index (Phi) is 3.98. The van der Waals surface area contributed by atoms with Crippen LogP contribution in [0.25, 0.3) is 0 Å². The number of aromatic nitrogens is 1. The van der Waals surface area contributed by atoms with Gasteiger partial charge in [0.25, 0.3) is 0 Å². The molecule has 5 heteroatoms. The largest absolute Gasteiger partial charge is 0.473 e. The maximum Gasteiger partial charge on any atom is 0.233 e. The quantitative estimate of drug-likeness (QED) is 0.878. The summed E-state index contributed by atoms with van der Waals surface area (Å²) in [7, 11) is 0. The summed E-state index contributed by atoms with van der Waals surface area (Å²) in [6.07, 6.45) is 3.57. The number of ether oxygens (including phenoxy) is 2. The third-order valence-electron chi connectivity index (χ3n) is 2.60. The van der Waals surface area contributed by atoms with Crippen LogP contribution in [0.3, 0.4) is 0 Å². The van der Waals surface area contributed by atoms with Crippen molar-refractivity contribution in [3.63, 3.8) is 0 Å². The van der Waals surface area contributed by atoms with Gasteiger partial charge in [-0.3, -0.25) is 0 Å². The second kappa shape index (κ2) is 5.48. The molecule has 88 valence electrons. The second-order valence-electron chi connectivity index (χ2n) is 3.72. The molecule has 16 heavy (non-hydrogen) atoms. The number of hydrogen-bond donors (Lipinski definition) is 1. The molecule has 1 aromatic heterocycles. The van der Waals surface area contributed by atoms with Crippen molar-refractivity contribution < 1.29 is 9.47 Å². The number of halogens is 1. The van der Waals surface area contributed by atoms with Gasteiger partial charge in [0.05, 0.1) is 13.2 Å². The van der Waals surface area contributed by atoms with E-state index in [2.05, 4.69) is 4.98 Å². The van der Waals surface area contributed by atoms with Crippen LogP contribution in [0.4, 0.5) is 0 Å². The highest BCUT2D eigenvalue weighted by Gasteiger charge is 2.18. The molecule has 0 aliphatic carbocycles. The smallest absolute Gasteiger partial charge is 0.233 e. The minimum Gasteiger partial charge on any atom is -0.473 e. The molecule has 1 saturated heterocycles. The van der Waals surface area contributed by atoms with E-state index in [0.717, 1.165) is 31.6 Å². The highest BCUT2D eigenvalue weighted by molar-refractivity contribution is 6.32. The Bertz CT molecular complexity index is 354. The van der Waals surface area contributed by atoms with Gasteiger partial charge in [-0.1, -0.05) is 11.6 Å². The summed E-state index contributed by atoms with van der Waals surface area (Å²) in [6, 6.07) is 1.80. The van der Waals surface area contributed by atoms with E-state index in [1.54, 1.807) is 12.3 Å². The molecule has 4 nitrogen and oxygen atoms in total. The van der Waals surface area contributed by atoms with E-state index in [0.29, 0.717) is 17.4 Å². The number of nitrogens with two attached hydrogens (primary N) is 1. The molecule has 0 amide bonds. The van der Waals surface area contributed by atoms with Crippen LogP contribution in [-0.4, -0.2) is 24.3 Å². The molecule has 0 saturated carbocycles. The van der Waals surface area contributed by atoms with E-state index < -0.39 is 0 Å². The van der Waals surface area contributed by atoms with Crippen LogP contribution in [0, 0.1) is 0 Å². The van der Waals surface area contributed by atoms with Gasteiger partial charge >= 0.3 is 0 Å². The monoisotopic (exact) mass is 242 g/mol. The van der Waals surface area contributed by atoms with Crippen molar-refractivity contribution in [2.24, 2.45) is 5.73 Å². The minimum absolute atomic E-state index is 0.145. The fraction of sp³-hybridized carbons (Fsp3) is 0.545. The first-order valence-corrected chi connectivity index (χ1v) is 5.77. The van der Waals surface area contributed by atoms with Gasteiger partial charge in [-0.25, -0.2) is 4.98 Å². The molecule has 0 unspecified atom stereocenters. The Balaban J connectivity index is 2.08. The summed E-state index contributed by atoms with van der Waals surface area (Å²) in [5, 5.41) is 0.525. The molecule has 0 bridgehead atoms. The molecule has 2 rings (SSSR count). The highest BCUT2D eigenvalue weighted by atomic mass is 35.5. The van der Waals surface area contributed by atoms with Crippen molar-refractivity contribution in [3.05, 3.63) is 22.8 Å². The average Bonchev–Trinajstić information content (AvgIpc) is 2.33. The van der Waals surface area contributed by atoms with Crippen LogP contribution in [-0.2, 0) is 11.3 Å². The van der Waals surface area contributed by atoms with Crippen LogP contribution in [0.15, 0.2) is 12.3 Å². The number of rotatable bonds is 3. The van der Waals surface area contributed by atoms with Crippen molar-refractivity contribution in [1.82, 2.24) is 4.98 Å². The van der Waals surface area contributed by atoms with Gasteiger partial charge in [0.1, 0.15) is 11.1 Å². The highest BCUT2D eigenvalue weighted by Crippen LogP contribution is 2.27. The number of nitrogens with zero attached hydrogens (tertiary/aromatic N) is 1. The minimum atomic E-state index is 0.145. The number of pyridine rings is 1. The fourth-order valence-corrected chi connectivity index (χ4v) is 1.89. The normalized spacial score (nSPS) is 17.4. The predicted molar refractivity (Wildman–Crippen MR) is 61.6 cm³/mol. The van der Waals surface area contributed by atoms with E-state index in [4.69, 9.17) is 26.8 Å². The van der Waals surface area contributed by atoms with Crippen molar-refractivity contribution in [2.75, 3.05) is 13.2 Å². The summed E-state index contributed by atoms with van der Waals surface area (Å²) in [5.41, 5.74) is 6.42. The van der Waals surface area contributed by atoms with Gasteiger partial charge in [0.15, 0.2) is 0 Å². The van der Waals surface area contributed by atoms with E-state index >= 15 is 0 Å². The van der Waals surface area contributed by atoms with Gasteiger partial charge in [-0.2, -0.15) is 0 Å². The van der Waals surface area contributed by atoms with Crippen LogP contribution < -0.4 is 10.5 Å². The summed E-state index contributed by atoms with van der Waals surface area (Å²) < 4.78 is 11.0. The van der Waals surface area contributed by atoms with Crippen LogP contribution >= 0.6 is 11.6 Å². The third-order valence-corrected chi connectivity index (χ3v) is 3.01. The van der Waals surface area contributed by atoms with Crippen molar-refractivity contribution in [1.29, 1.82) is 0 Å². The fourth-order valence-electron chi connectivity index (χ4n) is 1.65. The zero-order chi connectivity index (χ0) is 11.4. The lowest BCUT2D eigenvalue weighted by molar-refractivity contribution is 0.0237. The topological polar surface area (TPSA) is 57.4 Å². The van der Waals surface area contributed by atoms with E-state index in [-0.39, 0.29) is 6.10 Å². The van der Waals surface area contributed by atoms with Gasteiger partial charge in [-0.15, -0.1) is 0 Å². The molecule has 1 aliphatic rings. The van der Waals surface area contributed by atoms with Gasteiger partial charge in [-0.05, 0) is 11.6 Å². The molecule has 1 fully saturated rings. The number of hydrogen-bond acceptors (Lipinski definition) is 4. The summed E-state index contributed by atoms with van der Waals surface area (Å²) >= 11 is 6.13. The molecule has 0 radical (unpaired) electrons. The summed E-state index contributed by atoms with van der Waals surface area (Å²) in [6.45, 7) is 1.86. The maximum atomic E-state index is 6.13. The molecule has 0 aromatic carbocycles. The molecule has 0 atom stereocenters. The summed E-state index contributed by atoms with van der Waals surface area (Å²) in [5.74, 6) is 0.483. The first-order chi connectivity index (χ1) is 7.81. The molecule has 0 spiro atoms. The third kappa shape index (κ3) is 2.64. The Morgan fingerprint density at radius 1 is 1.50 bits per heavy atom. The van der Waals surface area contributed by atoms with Crippen molar-refractivity contribution in [3.8, 4) is 5.88 Å². The predicted octanol–water partition coefficient (Wildman–Crippen LogP) is 1.75. The maximum absolute atomic E-state index is 6.13. The Morgan fingerprint density at radius 3 is 2.94 bits per heavy atom. The van der Waals surface area contributed by atoms with E-state index in [9.17, 15) is 0 Å². The van der Waals surface area contributed by atoms with E-state index in [1.165, 1.54) is 0 Å². The molecule has 2 heterocycles. The first kappa shape index (κ1) is 11.6. The summed E-state index contributed by atoms with van der Waals surface area (Å²) in [4.78, 5) is 4.13.